The van der Waals surface area contributed by atoms with Crippen LogP contribution in [0.3, 0.4) is 0 Å². The summed E-state index contributed by atoms with van der Waals surface area (Å²) in [6.07, 6.45) is 0. The third-order valence-electron chi connectivity index (χ3n) is 2.07. The van der Waals surface area contributed by atoms with Gasteiger partial charge in [0.25, 0.3) is 0 Å². The summed E-state index contributed by atoms with van der Waals surface area (Å²) in [5, 5.41) is 11.6. The fraction of sp³-hybridized carbons (Fsp3) is 0.364. The number of carboxylic acid groups (broad SMARTS) is 1. The van der Waals surface area contributed by atoms with Gasteiger partial charge in [0.2, 0.25) is 0 Å². The summed E-state index contributed by atoms with van der Waals surface area (Å²) in [7, 11) is 1.43. The largest absolute Gasteiger partial charge is 0.480 e. The molecule has 0 aliphatic rings. The van der Waals surface area contributed by atoms with E-state index in [1.807, 2.05) is 0 Å². The summed E-state index contributed by atoms with van der Waals surface area (Å²) in [4.78, 5) is 10.8. The number of carbonyl (C=O) groups is 1. The highest BCUT2D eigenvalue weighted by Crippen LogP contribution is 2.03. The SMILES string of the molecule is COCC(NCc1cccc(F)c1)C(=O)O. The van der Waals surface area contributed by atoms with E-state index in [-0.39, 0.29) is 19.0 Å². The molecule has 1 rings (SSSR count). The van der Waals surface area contributed by atoms with Crippen molar-refractivity contribution in [2.75, 3.05) is 13.7 Å². The molecule has 0 bridgehead atoms. The first-order valence-electron chi connectivity index (χ1n) is 4.83. The Bertz CT molecular complexity index is 357. The van der Waals surface area contributed by atoms with Gasteiger partial charge in [-0.15, -0.1) is 0 Å². The molecule has 16 heavy (non-hydrogen) atoms. The molecule has 1 aromatic carbocycles. The van der Waals surface area contributed by atoms with E-state index in [9.17, 15) is 9.18 Å². The van der Waals surface area contributed by atoms with Gasteiger partial charge in [-0.3, -0.25) is 10.1 Å². The van der Waals surface area contributed by atoms with Crippen LogP contribution in [0, 0.1) is 5.82 Å². The van der Waals surface area contributed by atoms with Crippen molar-refractivity contribution in [1.29, 1.82) is 0 Å². The van der Waals surface area contributed by atoms with Crippen LogP contribution in [0.15, 0.2) is 24.3 Å². The highest BCUT2D eigenvalue weighted by atomic mass is 19.1. The summed E-state index contributed by atoms with van der Waals surface area (Å²) in [6, 6.07) is 5.22. The van der Waals surface area contributed by atoms with Gasteiger partial charge in [-0.2, -0.15) is 0 Å². The van der Waals surface area contributed by atoms with Crippen molar-refractivity contribution in [2.45, 2.75) is 12.6 Å². The number of rotatable bonds is 6. The van der Waals surface area contributed by atoms with E-state index < -0.39 is 12.0 Å². The molecule has 0 aliphatic carbocycles. The van der Waals surface area contributed by atoms with E-state index in [2.05, 4.69) is 5.32 Å². The number of methoxy groups -OCH3 is 1. The van der Waals surface area contributed by atoms with E-state index in [1.54, 1.807) is 12.1 Å². The molecule has 0 aromatic heterocycles. The highest BCUT2D eigenvalue weighted by molar-refractivity contribution is 5.73. The van der Waals surface area contributed by atoms with E-state index >= 15 is 0 Å². The zero-order valence-corrected chi connectivity index (χ0v) is 8.94. The lowest BCUT2D eigenvalue weighted by molar-refractivity contribution is -0.140. The zero-order chi connectivity index (χ0) is 12.0. The Labute approximate surface area is 93.0 Å². The Morgan fingerprint density at radius 1 is 1.62 bits per heavy atom. The summed E-state index contributed by atoms with van der Waals surface area (Å²) < 4.78 is 17.6. The zero-order valence-electron chi connectivity index (χ0n) is 8.94. The summed E-state index contributed by atoms with van der Waals surface area (Å²) in [6.45, 7) is 0.364. The fourth-order valence-electron chi connectivity index (χ4n) is 1.27. The normalized spacial score (nSPS) is 12.4. The molecule has 88 valence electrons. The molecular formula is C11H14FNO3. The second-order valence-corrected chi connectivity index (χ2v) is 3.36. The maximum absolute atomic E-state index is 12.8. The monoisotopic (exact) mass is 227 g/mol. The minimum atomic E-state index is -0.988. The number of hydrogen-bond acceptors (Lipinski definition) is 3. The molecule has 0 radical (unpaired) electrons. The van der Waals surface area contributed by atoms with Crippen LogP contribution in [-0.2, 0) is 16.1 Å². The molecule has 0 heterocycles. The lowest BCUT2D eigenvalue weighted by atomic mass is 10.2. The number of ether oxygens (including phenoxy) is 1. The molecule has 0 saturated heterocycles. The number of nitrogens with one attached hydrogen (secondary N) is 1. The molecular weight excluding hydrogens is 213 g/mol. The molecule has 0 fully saturated rings. The molecule has 1 aromatic rings. The van der Waals surface area contributed by atoms with Gasteiger partial charge in [-0.25, -0.2) is 4.39 Å². The number of aliphatic carboxylic acids is 1. The standard InChI is InChI=1S/C11H14FNO3/c1-16-7-10(11(14)15)13-6-8-3-2-4-9(12)5-8/h2-5,10,13H,6-7H2,1H3,(H,14,15). The highest BCUT2D eigenvalue weighted by Gasteiger charge is 2.15. The molecule has 0 spiro atoms. The maximum Gasteiger partial charge on any atom is 0.323 e. The third kappa shape index (κ3) is 3.96. The van der Waals surface area contributed by atoms with Crippen molar-refractivity contribution in [1.82, 2.24) is 5.32 Å². The van der Waals surface area contributed by atoms with Crippen molar-refractivity contribution in [3.63, 3.8) is 0 Å². The number of hydrogen-bond donors (Lipinski definition) is 2. The van der Waals surface area contributed by atoms with Gasteiger partial charge in [-0.1, -0.05) is 12.1 Å². The van der Waals surface area contributed by atoms with E-state index in [4.69, 9.17) is 9.84 Å². The van der Waals surface area contributed by atoms with Crippen LogP contribution < -0.4 is 5.32 Å². The van der Waals surface area contributed by atoms with Crippen molar-refractivity contribution in [3.05, 3.63) is 35.6 Å². The Balaban J connectivity index is 2.51. The average Bonchev–Trinajstić information content (AvgIpc) is 2.24. The van der Waals surface area contributed by atoms with Gasteiger partial charge in [0.1, 0.15) is 11.9 Å². The molecule has 2 N–H and O–H groups in total. The van der Waals surface area contributed by atoms with E-state index in [0.717, 1.165) is 0 Å². The predicted octanol–water partition coefficient (Wildman–Crippen LogP) is 1.01. The third-order valence-corrected chi connectivity index (χ3v) is 2.07. The quantitative estimate of drug-likeness (QED) is 0.761. The summed E-state index contributed by atoms with van der Waals surface area (Å²) in [5.74, 6) is -1.32. The minimum Gasteiger partial charge on any atom is -0.480 e. The van der Waals surface area contributed by atoms with Gasteiger partial charge in [0.05, 0.1) is 6.61 Å². The lowest BCUT2D eigenvalue weighted by Crippen LogP contribution is -2.39. The molecule has 0 saturated carbocycles. The number of halogens is 1. The first kappa shape index (κ1) is 12.6. The van der Waals surface area contributed by atoms with Crippen LogP contribution in [0.5, 0.6) is 0 Å². The van der Waals surface area contributed by atoms with E-state index in [1.165, 1.54) is 19.2 Å². The Kier molecular flexibility index (Phi) is 4.88. The van der Waals surface area contributed by atoms with Crippen molar-refractivity contribution < 1.29 is 19.0 Å². The Hall–Kier alpha value is -1.46. The number of benzene rings is 1. The molecule has 1 unspecified atom stereocenters. The molecule has 1 atom stereocenters. The van der Waals surface area contributed by atoms with Crippen LogP contribution in [-0.4, -0.2) is 30.8 Å². The van der Waals surface area contributed by atoms with Gasteiger partial charge in [0.15, 0.2) is 0 Å². The number of carboxylic acids is 1. The van der Waals surface area contributed by atoms with Crippen molar-refractivity contribution in [3.8, 4) is 0 Å². The lowest BCUT2D eigenvalue weighted by Gasteiger charge is -2.13. The fourth-order valence-corrected chi connectivity index (χ4v) is 1.27. The van der Waals surface area contributed by atoms with Gasteiger partial charge < -0.3 is 9.84 Å². The van der Waals surface area contributed by atoms with Crippen molar-refractivity contribution in [2.24, 2.45) is 0 Å². The smallest absolute Gasteiger partial charge is 0.323 e. The van der Waals surface area contributed by atoms with Crippen LogP contribution in [0.1, 0.15) is 5.56 Å². The molecule has 0 amide bonds. The second-order valence-electron chi connectivity index (χ2n) is 3.36. The summed E-state index contributed by atoms with van der Waals surface area (Å²) >= 11 is 0. The first-order valence-corrected chi connectivity index (χ1v) is 4.83. The first-order chi connectivity index (χ1) is 7.63. The predicted molar refractivity (Wildman–Crippen MR) is 56.5 cm³/mol. The minimum absolute atomic E-state index is 0.0741. The Morgan fingerprint density at radius 3 is 2.94 bits per heavy atom. The van der Waals surface area contributed by atoms with Crippen LogP contribution in [0.2, 0.25) is 0 Å². The molecule has 0 aliphatic heterocycles. The Morgan fingerprint density at radius 2 is 2.38 bits per heavy atom. The van der Waals surface area contributed by atoms with Gasteiger partial charge in [-0.05, 0) is 17.7 Å². The average molecular weight is 227 g/mol. The van der Waals surface area contributed by atoms with Crippen LogP contribution in [0.4, 0.5) is 4.39 Å². The maximum atomic E-state index is 12.8. The van der Waals surface area contributed by atoms with E-state index in [0.29, 0.717) is 5.56 Å². The van der Waals surface area contributed by atoms with Gasteiger partial charge in [0, 0.05) is 13.7 Å². The summed E-state index contributed by atoms with van der Waals surface area (Å²) in [5.41, 5.74) is 0.697. The second kappa shape index (κ2) is 6.19. The van der Waals surface area contributed by atoms with Crippen LogP contribution >= 0.6 is 0 Å². The van der Waals surface area contributed by atoms with Gasteiger partial charge >= 0.3 is 5.97 Å². The topological polar surface area (TPSA) is 58.6 Å². The van der Waals surface area contributed by atoms with Crippen LogP contribution in [0.25, 0.3) is 0 Å². The molecule has 4 nitrogen and oxygen atoms in total. The molecule has 5 heteroatoms. The van der Waals surface area contributed by atoms with Crippen molar-refractivity contribution >= 4 is 5.97 Å².